The van der Waals surface area contributed by atoms with Gasteiger partial charge in [-0.05, 0) is 36.8 Å². The van der Waals surface area contributed by atoms with Gasteiger partial charge in [0, 0.05) is 13.1 Å². The zero-order chi connectivity index (χ0) is 17.2. The highest BCUT2D eigenvalue weighted by atomic mass is 32.2. The van der Waals surface area contributed by atoms with Crippen molar-refractivity contribution in [3.8, 4) is 0 Å². The lowest BCUT2D eigenvalue weighted by Gasteiger charge is -2.15. The van der Waals surface area contributed by atoms with Crippen LogP contribution in [-0.4, -0.2) is 31.8 Å². The number of rotatable bonds is 5. The molecule has 1 saturated heterocycles. The first-order valence-electron chi connectivity index (χ1n) is 7.79. The SMILES string of the molecule is Cc1ccc(COC(=O)c2sccc2S(=O)(=O)N2CCCC2)cc1. The van der Waals surface area contributed by atoms with Gasteiger partial charge in [0.25, 0.3) is 0 Å². The van der Waals surface area contributed by atoms with Crippen molar-refractivity contribution in [2.24, 2.45) is 0 Å². The first kappa shape index (κ1) is 17.1. The maximum absolute atomic E-state index is 12.7. The number of thiophene rings is 1. The predicted octanol–water partition coefficient (Wildman–Crippen LogP) is 3.20. The Morgan fingerprint density at radius 3 is 2.50 bits per heavy atom. The number of benzene rings is 1. The molecule has 1 aliphatic rings. The Bertz CT molecular complexity index is 819. The molecule has 0 unspecified atom stereocenters. The van der Waals surface area contributed by atoms with Gasteiger partial charge in [-0.2, -0.15) is 4.31 Å². The zero-order valence-electron chi connectivity index (χ0n) is 13.4. The largest absolute Gasteiger partial charge is 0.457 e. The highest BCUT2D eigenvalue weighted by Gasteiger charge is 2.32. The molecule has 1 aliphatic heterocycles. The summed E-state index contributed by atoms with van der Waals surface area (Å²) in [4.78, 5) is 12.5. The van der Waals surface area contributed by atoms with E-state index in [1.165, 1.54) is 10.4 Å². The minimum absolute atomic E-state index is 0.0586. The molecule has 0 aliphatic carbocycles. The van der Waals surface area contributed by atoms with Crippen LogP contribution in [0, 0.1) is 6.92 Å². The molecule has 5 nitrogen and oxygen atoms in total. The molecule has 128 valence electrons. The first-order valence-corrected chi connectivity index (χ1v) is 10.1. The third-order valence-electron chi connectivity index (χ3n) is 3.99. The Morgan fingerprint density at radius 1 is 1.17 bits per heavy atom. The summed E-state index contributed by atoms with van der Waals surface area (Å²) in [5.74, 6) is -0.594. The highest BCUT2D eigenvalue weighted by Crippen LogP contribution is 2.28. The molecule has 0 N–H and O–H groups in total. The number of aryl methyl sites for hydroxylation is 1. The molecule has 0 spiro atoms. The van der Waals surface area contributed by atoms with E-state index in [0.717, 1.165) is 35.3 Å². The molecular formula is C17H19NO4S2. The third kappa shape index (κ3) is 3.53. The lowest BCUT2D eigenvalue weighted by atomic mass is 10.2. The van der Waals surface area contributed by atoms with E-state index in [4.69, 9.17) is 4.74 Å². The van der Waals surface area contributed by atoms with E-state index in [9.17, 15) is 13.2 Å². The van der Waals surface area contributed by atoms with Crippen LogP contribution in [0.25, 0.3) is 0 Å². The van der Waals surface area contributed by atoms with Gasteiger partial charge in [0.15, 0.2) is 0 Å². The smallest absolute Gasteiger partial charge is 0.350 e. The van der Waals surface area contributed by atoms with Gasteiger partial charge in [-0.3, -0.25) is 0 Å². The van der Waals surface area contributed by atoms with E-state index in [0.29, 0.717) is 13.1 Å². The summed E-state index contributed by atoms with van der Waals surface area (Å²) >= 11 is 1.10. The van der Waals surface area contributed by atoms with E-state index < -0.39 is 16.0 Å². The summed E-state index contributed by atoms with van der Waals surface area (Å²) < 4.78 is 32.1. The van der Waals surface area contributed by atoms with Gasteiger partial charge in [0.2, 0.25) is 10.0 Å². The number of carbonyl (C=O) groups excluding carboxylic acids is 1. The Kier molecular flexibility index (Phi) is 5.03. The molecule has 1 fully saturated rings. The van der Waals surface area contributed by atoms with Crippen LogP contribution in [0.4, 0.5) is 0 Å². The van der Waals surface area contributed by atoms with Crippen molar-refractivity contribution in [3.63, 3.8) is 0 Å². The molecule has 1 aromatic heterocycles. The average molecular weight is 365 g/mol. The van der Waals surface area contributed by atoms with E-state index in [1.807, 2.05) is 31.2 Å². The van der Waals surface area contributed by atoms with Crippen LogP contribution in [0.1, 0.15) is 33.6 Å². The van der Waals surface area contributed by atoms with Gasteiger partial charge in [-0.15, -0.1) is 11.3 Å². The number of esters is 1. The second kappa shape index (κ2) is 7.04. The van der Waals surface area contributed by atoms with Crippen LogP contribution >= 0.6 is 11.3 Å². The van der Waals surface area contributed by atoms with Crippen LogP contribution in [0.2, 0.25) is 0 Å². The molecule has 3 rings (SSSR count). The summed E-state index contributed by atoms with van der Waals surface area (Å²) in [6, 6.07) is 9.15. The zero-order valence-corrected chi connectivity index (χ0v) is 15.0. The van der Waals surface area contributed by atoms with Crippen molar-refractivity contribution in [2.45, 2.75) is 31.3 Å². The van der Waals surface area contributed by atoms with Crippen molar-refractivity contribution in [1.82, 2.24) is 4.31 Å². The first-order chi connectivity index (χ1) is 11.5. The highest BCUT2D eigenvalue weighted by molar-refractivity contribution is 7.89. The van der Waals surface area contributed by atoms with Crippen LogP contribution < -0.4 is 0 Å². The van der Waals surface area contributed by atoms with Crippen LogP contribution in [-0.2, 0) is 21.4 Å². The molecule has 0 bridgehead atoms. The molecule has 7 heteroatoms. The fraction of sp³-hybridized carbons (Fsp3) is 0.353. The third-order valence-corrected chi connectivity index (χ3v) is 6.95. The van der Waals surface area contributed by atoms with Gasteiger partial charge in [0.1, 0.15) is 16.4 Å². The van der Waals surface area contributed by atoms with Crippen molar-refractivity contribution < 1.29 is 17.9 Å². The number of ether oxygens (including phenoxy) is 1. The Hall–Kier alpha value is -1.70. The maximum Gasteiger partial charge on any atom is 0.350 e. The summed E-state index contributed by atoms with van der Waals surface area (Å²) in [6.07, 6.45) is 1.72. The van der Waals surface area contributed by atoms with Gasteiger partial charge >= 0.3 is 5.97 Å². The lowest BCUT2D eigenvalue weighted by Crippen LogP contribution is -2.28. The summed E-state index contributed by atoms with van der Waals surface area (Å²) in [5.41, 5.74) is 2.00. The predicted molar refractivity (Wildman–Crippen MR) is 92.6 cm³/mol. The quantitative estimate of drug-likeness (QED) is 0.764. The molecule has 2 heterocycles. The van der Waals surface area contributed by atoms with Gasteiger partial charge in [-0.25, -0.2) is 13.2 Å². The standard InChI is InChI=1S/C17H19NO4S2/c1-13-4-6-14(7-5-13)12-22-17(19)16-15(8-11-23-16)24(20,21)18-9-2-3-10-18/h4-8,11H,2-3,9-10,12H2,1H3. The average Bonchev–Trinajstić information content (AvgIpc) is 3.25. The van der Waals surface area contributed by atoms with Crippen molar-refractivity contribution in [1.29, 1.82) is 0 Å². The summed E-state index contributed by atoms with van der Waals surface area (Å²) in [7, 11) is -3.62. The van der Waals surface area contributed by atoms with Crippen LogP contribution in [0.3, 0.4) is 0 Å². The number of hydrogen-bond donors (Lipinski definition) is 0. The number of sulfonamides is 1. The van der Waals surface area contributed by atoms with Crippen molar-refractivity contribution >= 4 is 27.3 Å². The summed E-state index contributed by atoms with van der Waals surface area (Å²) in [5, 5.41) is 1.62. The topological polar surface area (TPSA) is 63.7 Å². The van der Waals surface area contributed by atoms with E-state index in [1.54, 1.807) is 5.38 Å². The number of hydrogen-bond acceptors (Lipinski definition) is 5. The molecule has 0 amide bonds. The summed E-state index contributed by atoms with van der Waals surface area (Å²) in [6.45, 7) is 3.13. The van der Waals surface area contributed by atoms with Gasteiger partial charge in [0.05, 0.1) is 0 Å². The Morgan fingerprint density at radius 2 is 1.83 bits per heavy atom. The second-order valence-electron chi connectivity index (χ2n) is 5.79. The Labute approximate surface area is 145 Å². The van der Waals surface area contributed by atoms with Gasteiger partial charge < -0.3 is 4.74 Å². The fourth-order valence-corrected chi connectivity index (χ4v) is 5.42. The van der Waals surface area contributed by atoms with Gasteiger partial charge in [-0.1, -0.05) is 29.8 Å². The van der Waals surface area contributed by atoms with E-state index >= 15 is 0 Å². The number of carbonyl (C=O) groups is 1. The van der Waals surface area contributed by atoms with Crippen molar-refractivity contribution in [3.05, 3.63) is 51.7 Å². The molecule has 1 aromatic carbocycles. The van der Waals surface area contributed by atoms with Crippen LogP contribution in [0.15, 0.2) is 40.6 Å². The van der Waals surface area contributed by atoms with Crippen LogP contribution in [0.5, 0.6) is 0 Å². The fourth-order valence-electron chi connectivity index (χ4n) is 2.62. The number of nitrogens with zero attached hydrogens (tertiary/aromatic N) is 1. The second-order valence-corrected chi connectivity index (χ2v) is 8.61. The maximum atomic E-state index is 12.7. The minimum atomic E-state index is -3.62. The minimum Gasteiger partial charge on any atom is -0.457 e. The lowest BCUT2D eigenvalue weighted by molar-refractivity contribution is 0.0474. The Balaban J connectivity index is 1.74. The molecule has 24 heavy (non-hydrogen) atoms. The normalized spacial score (nSPS) is 15.5. The molecular weight excluding hydrogens is 346 g/mol. The van der Waals surface area contributed by atoms with E-state index in [-0.39, 0.29) is 16.4 Å². The molecule has 0 saturated carbocycles. The van der Waals surface area contributed by atoms with E-state index in [2.05, 4.69) is 0 Å². The monoisotopic (exact) mass is 365 g/mol. The van der Waals surface area contributed by atoms with Crippen molar-refractivity contribution in [2.75, 3.05) is 13.1 Å². The molecule has 0 atom stereocenters. The molecule has 2 aromatic rings. The molecule has 0 radical (unpaired) electrons.